The van der Waals surface area contributed by atoms with Gasteiger partial charge in [0.05, 0.1) is 13.5 Å². The van der Waals surface area contributed by atoms with Crippen molar-refractivity contribution < 1.29 is 33.8 Å². The number of carbonyl (C=O) groups is 4. The van der Waals surface area contributed by atoms with Crippen molar-refractivity contribution in [3.63, 3.8) is 0 Å². The average molecular weight is 484 g/mol. The molecule has 0 bridgehead atoms. The standard InChI is InChI=1S/C25H29N3O7/c1-28(2)13-21(23(30)26-20(24(31)32)12-22(29)34-3)27-25(33)35-14-19-17-10-6-4-8-15(17)16-9-5-7-11-18(16)19/h4-11,19-21H,12-14H2,1-3H3,(H,26,30)(H,27,33)(H,31,32)/t20-,21+/m1/s1. The second kappa shape index (κ2) is 11.5. The fourth-order valence-electron chi connectivity index (χ4n) is 4.06. The van der Waals surface area contributed by atoms with Crippen LogP contribution < -0.4 is 10.6 Å². The number of fused-ring (bicyclic) bond motifs is 3. The molecule has 0 fully saturated rings. The third-order valence-corrected chi connectivity index (χ3v) is 5.71. The molecular formula is C25H29N3O7. The summed E-state index contributed by atoms with van der Waals surface area (Å²) in [6.07, 6.45) is -1.36. The van der Waals surface area contributed by atoms with E-state index in [1.807, 2.05) is 48.5 Å². The van der Waals surface area contributed by atoms with Gasteiger partial charge in [0.15, 0.2) is 0 Å². The van der Waals surface area contributed by atoms with Crippen LogP contribution in [-0.2, 0) is 23.9 Å². The summed E-state index contributed by atoms with van der Waals surface area (Å²) in [4.78, 5) is 50.0. The molecule has 1 aliphatic carbocycles. The molecule has 10 nitrogen and oxygen atoms in total. The van der Waals surface area contributed by atoms with Crippen LogP contribution in [0.3, 0.4) is 0 Å². The van der Waals surface area contributed by atoms with Crippen LogP contribution in [0.2, 0.25) is 0 Å². The van der Waals surface area contributed by atoms with E-state index in [-0.39, 0.29) is 19.1 Å². The van der Waals surface area contributed by atoms with Crippen LogP contribution in [0.15, 0.2) is 48.5 Å². The average Bonchev–Trinajstić information content (AvgIpc) is 3.15. The van der Waals surface area contributed by atoms with Crippen LogP contribution in [0.4, 0.5) is 4.79 Å². The Morgan fingerprint density at radius 1 is 0.943 bits per heavy atom. The van der Waals surface area contributed by atoms with Crippen LogP contribution in [0, 0.1) is 0 Å². The highest BCUT2D eigenvalue weighted by Crippen LogP contribution is 2.44. The molecule has 2 amide bonds. The van der Waals surface area contributed by atoms with Crippen molar-refractivity contribution in [2.45, 2.75) is 24.4 Å². The van der Waals surface area contributed by atoms with Crippen LogP contribution in [-0.4, -0.2) is 80.4 Å². The number of carboxylic acids is 1. The molecule has 0 radical (unpaired) electrons. The van der Waals surface area contributed by atoms with Gasteiger partial charge in [0.1, 0.15) is 18.7 Å². The molecule has 1 aliphatic rings. The summed E-state index contributed by atoms with van der Waals surface area (Å²) in [7, 11) is 4.52. The molecule has 2 atom stereocenters. The quantitative estimate of drug-likeness (QED) is 0.434. The van der Waals surface area contributed by atoms with Gasteiger partial charge in [-0.3, -0.25) is 9.59 Å². The molecule has 0 spiro atoms. The molecule has 186 valence electrons. The summed E-state index contributed by atoms with van der Waals surface area (Å²) in [5.41, 5.74) is 4.28. The third kappa shape index (κ3) is 6.36. The van der Waals surface area contributed by atoms with Gasteiger partial charge < -0.3 is 30.1 Å². The van der Waals surface area contributed by atoms with Crippen molar-refractivity contribution in [3.05, 3.63) is 59.7 Å². The summed E-state index contributed by atoms with van der Waals surface area (Å²) in [5.74, 6) is -3.09. The number of carboxylic acid groups (broad SMARTS) is 1. The molecule has 3 N–H and O–H groups in total. The first-order valence-electron chi connectivity index (χ1n) is 11.1. The number of aliphatic carboxylic acids is 1. The fraction of sp³-hybridized carbons (Fsp3) is 0.360. The number of alkyl carbamates (subject to hydrolysis) is 1. The first-order chi connectivity index (χ1) is 16.7. The fourth-order valence-corrected chi connectivity index (χ4v) is 4.06. The maximum absolute atomic E-state index is 12.8. The number of methoxy groups -OCH3 is 1. The zero-order valence-electron chi connectivity index (χ0n) is 19.8. The van der Waals surface area contributed by atoms with E-state index in [9.17, 15) is 24.3 Å². The number of benzene rings is 2. The topological polar surface area (TPSA) is 134 Å². The van der Waals surface area contributed by atoms with Gasteiger partial charge in [0, 0.05) is 12.5 Å². The lowest BCUT2D eigenvalue weighted by molar-refractivity contribution is -0.149. The molecular weight excluding hydrogens is 454 g/mol. The number of rotatable bonds is 10. The van der Waals surface area contributed by atoms with E-state index in [1.54, 1.807) is 19.0 Å². The number of ether oxygens (including phenoxy) is 2. The minimum atomic E-state index is -1.50. The first-order valence-corrected chi connectivity index (χ1v) is 11.1. The maximum Gasteiger partial charge on any atom is 0.407 e. The normalized spacial score (nSPS) is 13.8. The number of esters is 1. The van der Waals surface area contributed by atoms with Crippen molar-refractivity contribution in [3.8, 4) is 11.1 Å². The Morgan fingerprint density at radius 3 is 2.03 bits per heavy atom. The highest BCUT2D eigenvalue weighted by Gasteiger charge is 2.31. The van der Waals surface area contributed by atoms with Crippen molar-refractivity contribution in [1.82, 2.24) is 15.5 Å². The molecule has 0 saturated heterocycles. The van der Waals surface area contributed by atoms with Gasteiger partial charge in [0.2, 0.25) is 5.91 Å². The number of amides is 2. The lowest BCUT2D eigenvalue weighted by Crippen LogP contribution is -2.55. The van der Waals surface area contributed by atoms with Crippen molar-refractivity contribution in [2.75, 3.05) is 34.4 Å². The number of nitrogens with one attached hydrogen (secondary N) is 2. The number of likely N-dealkylation sites (N-methyl/N-ethyl adjacent to an activating group) is 1. The van der Waals surface area contributed by atoms with Crippen LogP contribution >= 0.6 is 0 Å². The maximum atomic E-state index is 12.8. The van der Waals surface area contributed by atoms with Gasteiger partial charge in [-0.15, -0.1) is 0 Å². The number of hydrogen-bond acceptors (Lipinski definition) is 7. The molecule has 35 heavy (non-hydrogen) atoms. The first kappa shape index (κ1) is 25.7. The molecule has 2 aromatic carbocycles. The summed E-state index contributed by atoms with van der Waals surface area (Å²) in [5, 5.41) is 14.1. The second-order valence-corrected chi connectivity index (χ2v) is 8.46. The molecule has 0 aliphatic heterocycles. The molecule has 0 aromatic heterocycles. The SMILES string of the molecule is COC(=O)C[C@@H](NC(=O)[C@H](CN(C)C)NC(=O)OCC1c2ccccc2-c2ccccc21)C(=O)O. The Balaban J connectivity index is 1.66. The Bertz CT molecular complexity index is 1060. The third-order valence-electron chi connectivity index (χ3n) is 5.71. The zero-order valence-corrected chi connectivity index (χ0v) is 19.8. The smallest absolute Gasteiger partial charge is 0.407 e. The van der Waals surface area contributed by atoms with E-state index in [4.69, 9.17) is 4.74 Å². The Hall–Kier alpha value is -3.92. The minimum absolute atomic E-state index is 0.0657. The molecule has 3 rings (SSSR count). The minimum Gasteiger partial charge on any atom is -0.480 e. The van der Waals surface area contributed by atoms with Crippen LogP contribution in [0.25, 0.3) is 11.1 Å². The monoisotopic (exact) mass is 483 g/mol. The van der Waals surface area contributed by atoms with Crippen LogP contribution in [0.5, 0.6) is 0 Å². The van der Waals surface area contributed by atoms with E-state index in [0.717, 1.165) is 29.4 Å². The summed E-state index contributed by atoms with van der Waals surface area (Å²) >= 11 is 0. The van der Waals surface area contributed by atoms with E-state index in [2.05, 4.69) is 15.4 Å². The number of nitrogens with zero attached hydrogens (tertiary/aromatic N) is 1. The lowest BCUT2D eigenvalue weighted by Gasteiger charge is -2.24. The lowest BCUT2D eigenvalue weighted by atomic mass is 9.98. The molecule has 0 unspecified atom stereocenters. The molecule has 0 saturated carbocycles. The Morgan fingerprint density at radius 2 is 1.51 bits per heavy atom. The van der Waals surface area contributed by atoms with Gasteiger partial charge in [-0.1, -0.05) is 48.5 Å². The van der Waals surface area contributed by atoms with Crippen LogP contribution in [0.1, 0.15) is 23.5 Å². The van der Waals surface area contributed by atoms with Gasteiger partial charge in [-0.2, -0.15) is 0 Å². The highest BCUT2D eigenvalue weighted by molar-refractivity contribution is 5.91. The predicted molar refractivity (Wildman–Crippen MR) is 127 cm³/mol. The highest BCUT2D eigenvalue weighted by atomic mass is 16.5. The zero-order chi connectivity index (χ0) is 25.5. The summed E-state index contributed by atoms with van der Waals surface area (Å²) in [6, 6.07) is 13.2. The number of carbonyl (C=O) groups excluding carboxylic acids is 3. The van der Waals surface area contributed by atoms with Crippen molar-refractivity contribution >= 4 is 23.9 Å². The number of hydrogen-bond donors (Lipinski definition) is 3. The molecule has 0 heterocycles. The van der Waals surface area contributed by atoms with Crippen molar-refractivity contribution in [1.29, 1.82) is 0 Å². The Labute approximate surface area is 203 Å². The van der Waals surface area contributed by atoms with Gasteiger partial charge in [-0.05, 0) is 36.3 Å². The van der Waals surface area contributed by atoms with E-state index < -0.39 is 42.4 Å². The largest absolute Gasteiger partial charge is 0.480 e. The van der Waals surface area contributed by atoms with Gasteiger partial charge in [-0.25, -0.2) is 9.59 Å². The Kier molecular flexibility index (Phi) is 8.43. The second-order valence-electron chi connectivity index (χ2n) is 8.46. The summed E-state index contributed by atoms with van der Waals surface area (Å²) in [6.45, 7) is 0.150. The molecule has 2 aromatic rings. The molecule has 10 heteroatoms. The van der Waals surface area contributed by atoms with Gasteiger partial charge in [0.25, 0.3) is 0 Å². The van der Waals surface area contributed by atoms with E-state index >= 15 is 0 Å². The van der Waals surface area contributed by atoms with E-state index in [0.29, 0.717) is 0 Å². The van der Waals surface area contributed by atoms with Gasteiger partial charge >= 0.3 is 18.0 Å². The summed E-state index contributed by atoms with van der Waals surface area (Å²) < 4.78 is 9.98. The predicted octanol–water partition coefficient (Wildman–Crippen LogP) is 1.59. The van der Waals surface area contributed by atoms with E-state index in [1.165, 1.54) is 0 Å². The van der Waals surface area contributed by atoms with Crippen molar-refractivity contribution in [2.24, 2.45) is 0 Å².